The number of nitrogens with one attached hydrogen (secondary N) is 1. The molecule has 1 unspecified atom stereocenters. The highest BCUT2D eigenvalue weighted by atomic mass is 32.2. The van der Waals surface area contributed by atoms with E-state index < -0.39 is 21.7 Å². The van der Waals surface area contributed by atoms with Crippen LogP contribution in [0.3, 0.4) is 0 Å². The fourth-order valence-corrected chi connectivity index (χ4v) is 7.20. The van der Waals surface area contributed by atoms with Crippen LogP contribution in [0.2, 0.25) is 0 Å². The fourth-order valence-electron chi connectivity index (χ4n) is 5.17. The second-order valence-corrected chi connectivity index (χ2v) is 13.1. The Hall–Kier alpha value is -3.30. The minimum atomic E-state index is -3.75. The number of aromatic nitrogens is 1. The van der Waals surface area contributed by atoms with Gasteiger partial charge in [0.2, 0.25) is 15.9 Å². The third-order valence-corrected chi connectivity index (χ3v) is 9.42. The lowest BCUT2D eigenvalue weighted by Crippen LogP contribution is -2.45. The van der Waals surface area contributed by atoms with Gasteiger partial charge in [-0.2, -0.15) is 5.26 Å². The molecule has 5 rings (SSSR count). The zero-order chi connectivity index (χ0) is 28.3. The van der Waals surface area contributed by atoms with E-state index in [9.17, 15) is 18.5 Å². The van der Waals surface area contributed by atoms with Gasteiger partial charge in [0.1, 0.15) is 22.6 Å². The lowest BCUT2D eigenvalue weighted by atomic mass is 9.98. The van der Waals surface area contributed by atoms with Crippen molar-refractivity contribution >= 4 is 27.3 Å². The van der Waals surface area contributed by atoms with Crippen molar-refractivity contribution in [1.82, 2.24) is 14.6 Å². The predicted octanol–water partition coefficient (Wildman–Crippen LogP) is 3.94. The molecule has 1 saturated heterocycles. The number of nitrogens with zero attached hydrogens (tertiary/aromatic N) is 3. The second kappa shape index (κ2) is 12.1. The summed E-state index contributed by atoms with van der Waals surface area (Å²) in [4.78, 5) is 19.6. The van der Waals surface area contributed by atoms with Crippen molar-refractivity contribution in [2.45, 2.75) is 38.7 Å². The first kappa shape index (κ1) is 28.2. The van der Waals surface area contributed by atoms with E-state index >= 15 is 0 Å². The van der Waals surface area contributed by atoms with Crippen molar-refractivity contribution in [3.8, 4) is 32.8 Å². The molecule has 1 aliphatic carbocycles. The van der Waals surface area contributed by atoms with Crippen LogP contribution in [0, 0.1) is 11.3 Å². The van der Waals surface area contributed by atoms with E-state index in [1.165, 1.54) is 10.5 Å². The van der Waals surface area contributed by atoms with Crippen LogP contribution in [0.15, 0.2) is 42.6 Å². The Morgan fingerprint density at radius 2 is 2.08 bits per heavy atom. The molecule has 9 nitrogen and oxygen atoms in total. The molecule has 40 heavy (non-hydrogen) atoms. The quantitative estimate of drug-likeness (QED) is 0.407. The number of carbonyl (C=O) groups excluding carboxylic acids is 1. The number of ether oxygens (including phenoxy) is 2. The Morgan fingerprint density at radius 1 is 1.27 bits per heavy atom. The molecule has 1 amide bonds. The van der Waals surface area contributed by atoms with Crippen molar-refractivity contribution in [2.75, 3.05) is 38.6 Å². The predicted molar refractivity (Wildman–Crippen MR) is 154 cm³/mol. The zero-order valence-electron chi connectivity index (χ0n) is 22.6. The first-order chi connectivity index (χ1) is 19.2. The van der Waals surface area contributed by atoms with E-state index in [0.717, 1.165) is 39.4 Å². The van der Waals surface area contributed by atoms with Gasteiger partial charge >= 0.3 is 0 Å². The van der Waals surface area contributed by atoms with Crippen LogP contribution in [0.1, 0.15) is 42.9 Å². The normalized spacial score (nSPS) is 17.1. The Balaban J connectivity index is 1.28. The summed E-state index contributed by atoms with van der Waals surface area (Å²) in [6.07, 6.45) is 3.48. The number of fused-ring (bicyclic) bond motifs is 1. The molecule has 3 aromatic rings. The van der Waals surface area contributed by atoms with Crippen LogP contribution < -0.4 is 9.46 Å². The van der Waals surface area contributed by atoms with Crippen molar-refractivity contribution in [3.05, 3.63) is 59.3 Å². The fraction of sp³-hybridized carbons (Fsp3) is 0.414. The topological polar surface area (TPSA) is 122 Å². The van der Waals surface area contributed by atoms with Gasteiger partial charge in [-0.25, -0.2) is 18.1 Å². The Labute approximate surface area is 238 Å². The molecule has 0 saturated carbocycles. The molecule has 11 heteroatoms. The molecule has 2 aliphatic rings. The smallest absolute Gasteiger partial charge is 0.239 e. The molecule has 1 N–H and O–H groups in total. The van der Waals surface area contributed by atoms with Gasteiger partial charge in [0.05, 0.1) is 29.8 Å². The van der Waals surface area contributed by atoms with Crippen molar-refractivity contribution in [3.63, 3.8) is 0 Å². The molecule has 1 aliphatic heterocycles. The third kappa shape index (κ3) is 6.36. The van der Waals surface area contributed by atoms with Crippen LogP contribution in [0.4, 0.5) is 0 Å². The van der Waals surface area contributed by atoms with Gasteiger partial charge in [-0.15, -0.1) is 11.3 Å². The SMILES string of the molecule is CC(C)Oc1ccc(-c2ncc(-c3cccc4c3CCC4CNS(=O)(=O)CC(=O)N3CCOCC3)s2)cc1C#N. The molecule has 1 fully saturated rings. The number of carbonyl (C=O) groups is 1. The largest absolute Gasteiger partial charge is 0.490 e. The van der Waals surface area contributed by atoms with Crippen molar-refractivity contribution in [2.24, 2.45) is 0 Å². The van der Waals surface area contributed by atoms with Gasteiger partial charge in [-0.3, -0.25) is 4.79 Å². The first-order valence-corrected chi connectivity index (χ1v) is 15.8. The van der Waals surface area contributed by atoms with E-state index in [4.69, 9.17) is 9.47 Å². The maximum atomic E-state index is 12.7. The minimum Gasteiger partial charge on any atom is -0.490 e. The molecule has 1 aromatic heterocycles. The summed E-state index contributed by atoms with van der Waals surface area (Å²) < 4.78 is 39.0. The minimum absolute atomic E-state index is 0.0266. The standard InChI is InChI=1S/C29H32N4O5S2/c1-19(2)38-26-9-7-20(14-22(26)15-30)29-31-17-27(39-29)25-5-3-4-23-21(6-8-24(23)25)16-32-40(35,36)18-28(34)33-10-12-37-13-11-33/h3-5,7,9,14,17,19,21,32H,6,8,10-13,16,18H2,1-2H3. The molecule has 0 spiro atoms. The van der Waals surface area contributed by atoms with Crippen LogP contribution in [-0.2, 0) is 26.0 Å². The lowest BCUT2D eigenvalue weighted by molar-refractivity contribution is -0.132. The van der Waals surface area contributed by atoms with E-state index in [2.05, 4.69) is 27.9 Å². The maximum Gasteiger partial charge on any atom is 0.239 e. The summed E-state index contributed by atoms with van der Waals surface area (Å²) in [6.45, 7) is 5.81. The van der Waals surface area contributed by atoms with Gasteiger partial charge in [-0.05, 0) is 67.5 Å². The van der Waals surface area contributed by atoms with Crippen LogP contribution in [-0.4, -0.2) is 68.9 Å². The van der Waals surface area contributed by atoms with Gasteiger partial charge in [0, 0.05) is 31.4 Å². The number of thiazole rings is 1. The van der Waals surface area contributed by atoms with Gasteiger partial charge in [-0.1, -0.05) is 18.2 Å². The summed E-state index contributed by atoms with van der Waals surface area (Å²) >= 11 is 1.56. The highest BCUT2D eigenvalue weighted by Gasteiger charge is 2.28. The van der Waals surface area contributed by atoms with Crippen LogP contribution in [0.5, 0.6) is 5.75 Å². The molecule has 0 bridgehead atoms. The van der Waals surface area contributed by atoms with E-state index in [0.29, 0.717) is 37.6 Å². The molecular formula is C29H32N4O5S2. The third-order valence-electron chi connectivity index (χ3n) is 7.10. The molecule has 0 radical (unpaired) electrons. The number of rotatable bonds is 9. The Kier molecular flexibility index (Phi) is 8.51. The molecule has 2 aromatic carbocycles. The number of morpholine rings is 1. The summed E-state index contributed by atoms with van der Waals surface area (Å²) in [5, 5.41) is 10.4. The van der Waals surface area contributed by atoms with E-state index in [1.54, 1.807) is 11.3 Å². The number of sulfonamides is 1. The van der Waals surface area contributed by atoms with Crippen molar-refractivity contribution in [1.29, 1.82) is 5.26 Å². The summed E-state index contributed by atoms with van der Waals surface area (Å²) in [5.41, 5.74) is 4.74. The average molecular weight is 581 g/mol. The molecule has 2 heterocycles. The molecular weight excluding hydrogens is 548 g/mol. The van der Waals surface area contributed by atoms with Crippen molar-refractivity contribution < 1.29 is 22.7 Å². The number of hydrogen-bond acceptors (Lipinski definition) is 8. The number of amides is 1. The first-order valence-electron chi connectivity index (χ1n) is 13.4. The second-order valence-electron chi connectivity index (χ2n) is 10.2. The molecule has 1 atom stereocenters. The Morgan fingerprint density at radius 3 is 2.83 bits per heavy atom. The monoisotopic (exact) mass is 580 g/mol. The van der Waals surface area contributed by atoms with Gasteiger partial charge in [0.25, 0.3) is 0 Å². The summed E-state index contributed by atoms with van der Waals surface area (Å²) in [6, 6.07) is 13.9. The highest BCUT2D eigenvalue weighted by Crippen LogP contribution is 2.42. The molecule has 210 valence electrons. The zero-order valence-corrected chi connectivity index (χ0v) is 24.2. The lowest BCUT2D eigenvalue weighted by Gasteiger charge is -2.26. The summed E-state index contributed by atoms with van der Waals surface area (Å²) in [5.74, 6) is -0.350. The van der Waals surface area contributed by atoms with Crippen LogP contribution in [0.25, 0.3) is 21.0 Å². The highest BCUT2D eigenvalue weighted by molar-refractivity contribution is 7.90. The number of benzene rings is 2. The van der Waals surface area contributed by atoms with E-state index in [1.807, 2.05) is 44.3 Å². The van der Waals surface area contributed by atoms with Gasteiger partial charge in [0.15, 0.2) is 0 Å². The maximum absolute atomic E-state index is 12.7. The summed E-state index contributed by atoms with van der Waals surface area (Å²) in [7, 11) is -3.75. The van der Waals surface area contributed by atoms with E-state index in [-0.39, 0.29) is 18.6 Å². The number of hydrogen-bond donors (Lipinski definition) is 1. The average Bonchev–Trinajstić information content (AvgIpc) is 3.60. The van der Waals surface area contributed by atoms with Crippen LogP contribution >= 0.6 is 11.3 Å². The van der Waals surface area contributed by atoms with Gasteiger partial charge < -0.3 is 14.4 Å². The Bertz CT molecular complexity index is 1540. The number of nitriles is 1.